The second kappa shape index (κ2) is 12.0. The van der Waals surface area contributed by atoms with E-state index in [0.29, 0.717) is 55.9 Å². The van der Waals surface area contributed by atoms with E-state index >= 15 is 0 Å². The Morgan fingerprint density at radius 2 is 1.98 bits per heavy atom. The molecule has 1 unspecified atom stereocenters. The van der Waals surface area contributed by atoms with Crippen molar-refractivity contribution in [3.63, 3.8) is 0 Å². The molecule has 4 aromatic rings. The highest BCUT2D eigenvalue weighted by Gasteiger charge is 2.32. The monoisotopic (exact) mass is 610 g/mol. The smallest absolute Gasteiger partial charge is 0.406 e. The Morgan fingerprint density at radius 1 is 1.17 bits per heavy atom. The first kappa shape index (κ1) is 29.4. The highest BCUT2D eigenvalue weighted by atomic mass is 32.2. The van der Waals surface area contributed by atoms with Crippen LogP contribution in [-0.4, -0.2) is 76.1 Å². The van der Waals surface area contributed by atoms with E-state index in [4.69, 9.17) is 4.74 Å². The second-order valence-electron chi connectivity index (χ2n) is 9.96. The summed E-state index contributed by atoms with van der Waals surface area (Å²) < 4.78 is 74.2. The zero-order valence-electron chi connectivity index (χ0n) is 22.7. The van der Waals surface area contributed by atoms with Crippen LogP contribution >= 0.6 is 11.3 Å². The van der Waals surface area contributed by atoms with Crippen molar-refractivity contribution >= 4 is 44.8 Å². The van der Waals surface area contributed by atoms with E-state index in [1.165, 1.54) is 23.0 Å². The summed E-state index contributed by atoms with van der Waals surface area (Å²) in [5.74, 6) is 0.507. The average Bonchev–Trinajstić information content (AvgIpc) is 3.53. The van der Waals surface area contributed by atoms with Crippen molar-refractivity contribution in [2.45, 2.75) is 42.8 Å². The number of anilines is 2. The number of fused-ring (bicyclic) bond motifs is 1. The van der Waals surface area contributed by atoms with Crippen molar-refractivity contribution in [1.82, 2.24) is 19.7 Å². The number of nitrogens with one attached hydrogen (secondary N) is 2. The van der Waals surface area contributed by atoms with Crippen molar-refractivity contribution in [3.8, 4) is 16.5 Å². The van der Waals surface area contributed by atoms with Crippen LogP contribution < -0.4 is 15.4 Å². The minimum atomic E-state index is -4.47. The molecular formula is C27H30F4N6O2S2. The minimum Gasteiger partial charge on any atom is -0.612 e. The van der Waals surface area contributed by atoms with Crippen LogP contribution in [0.5, 0.6) is 5.75 Å². The lowest BCUT2D eigenvalue weighted by molar-refractivity contribution is -0.139. The molecule has 5 rings (SSSR count). The maximum Gasteiger partial charge on any atom is 0.406 e. The van der Waals surface area contributed by atoms with Gasteiger partial charge in [-0.05, 0) is 55.0 Å². The van der Waals surface area contributed by atoms with Crippen molar-refractivity contribution in [1.29, 1.82) is 0 Å². The van der Waals surface area contributed by atoms with Gasteiger partial charge in [0.05, 0.1) is 36.6 Å². The van der Waals surface area contributed by atoms with E-state index in [0.717, 1.165) is 6.54 Å². The summed E-state index contributed by atoms with van der Waals surface area (Å²) in [6.07, 6.45) is -3.41. The Kier molecular flexibility index (Phi) is 8.64. The Bertz CT molecular complexity index is 1510. The number of piperidine rings is 1. The van der Waals surface area contributed by atoms with Crippen LogP contribution in [-0.2, 0) is 24.3 Å². The average molecular weight is 611 g/mol. The quantitative estimate of drug-likeness (QED) is 0.190. The SMILES string of the molecule is COc1cc([S+](C)[O-])ccc1NCc1nnc(-c2cc3c(N[C@@H]4CCN(C)C[C@@H]4F)cccc3n2CC(F)(F)F)s1. The van der Waals surface area contributed by atoms with Crippen LogP contribution in [0.4, 0.5) is 28.9 Å². The highest BCUT2D eigenvalue weighted by Crippen LogP contribution is 2.37. The van der Waals surface area contributed by atoms with E-state index in [-0.39, 0.29) is 12.2 Å². The van der Waals surface area contributed by atoms with Crippen LogP contribution in [0.15, 0.2) is 47.4 Å². The lowest BCUT2D eigenvalue weighted by Gasteiger charge is -2.33. The van der Waals surface area contributed by atoms with Crippen molar-refractivity contribution < 1.29 is 26.9 Å². The Balaban J connectivity index is 1.43. The topological polar surface area (TPSA) is 90.3 Å². The van der Waals surface area contributed by atoms with Crippen molar-refractivity contribution in [2.75, 3.05) is 44.1 Å². The normalized spacial score (nSPS) is 18.9. The number of hydrogen-bond acceptors (Lipinski definition) is 8. The van der Waals surface area contributed by atoms with E-state index in [1.54, 1.807) is 48.7 Å². The molecule has 0 amide bonds. The fourth-order valence-corrected chi connectivity index (χ4v) is 6.29. The highest BCUT2D eigenvalue weighted by molar-refractivity contribution is 7.90. The van der Waals surface area contributed by atoms with E-state index in [2.05, 4.69) is 20.8 Å². The van der Waals surface area contributed by atoms with E-state index in [9.17, 15) is 22.1 Å². The van der Waals surface area contributed by atoms with Crippen LogP contribution in [0.3, 0.4) is 0 Å². The molecule has 1 fully saturated rings. The second-order valence-corrected chi connectivity index (χ2v) is 12.4. The van der Waals surface area contributed by atoms with E-state index < -0.39 is 36.1 Å². The molecular weight excluding hydrogens is 580 g/mol. The number of alkyl halides is 4. The molecule has 1 aliphatic rings. The van der Waals surface area contributed by atoms with Gasteiger partial charge in [0.2, 0.25) is 0 Å². The first-order chi connectivity index (χ1) is 19.5. The zero-order valence-corrected chi connectivity index (χ0v) is 24.3. The number of halogens is 4. The van der Waals surface area contributed by atoms with Crippen molar-refractivity contribution in [2.24, 2.45) is 0 Å². The van der Waals surface area contributed by atoms with Gasteiger partial charge in [0.1, 0.15) is 29.7 Å². The third-order valence-electron chi connectivity index (χ3n) is 6.99. The van der Waals surface area contributed by atoms with Gasteiger partial charge in [0, 0.05) is 30.2 Å². The summed E-state index contributed by atoms with van der Waals surface area (Å²) in [5, 5.41) is 16.3. The minimum absolute atomic E-state index is 0.253. The predicted molar refractivity (Wildman–Crippen MR) is 154 cm³/mol. The molecule has 0 radical (unpaired) electrons. The Hall–Kier alpha value is -3.07. The number of methoxy groups -OCH3 is 1. The lowest BCUT2D eigenvalue weighted by Crippen LogP contribution is -2.46. The zero-order chi connectivity index (χ0) is 29.3. The maximum absolute atomic E-state index is 14.8. The Labute approximate surface area is 241 Å². The first-order valence-electron chi connectivity index (χ1n) is 12.9. The third-order valence-corrected chi connectivity index (χ3v) is 8.85. The van der Waals surface area contributed by atoms with Gasteiger partial charge in [-0.15, -0.1) is 10.2 Å². The number of aromatic nitrogens is 3. The van der Waals surface area contributed by atoms with Crippen LogP contribution in [0.25, 0.3) is 21.6 Å². The summed E-state index contributed by atoms with van der Waals surface area (Å²) in [4.78, 5) is 2.54. The predicted octanol–water partition coefficient (Wildman–Crippen LogP) is 5.53. The summed E-state index contributed by atoms with van der Waals surface area (Å²) in [7, 11) is 3.37. The van der Waals surface area contributed by atoms with Gasteiger partial charge in [0.15, 0.2) is 9.90 Å². The third kappa shape index (κ3) is 6.71. The van der Waals surface area contributed by atoms with Crippen LogP contribution in [0.2, 0.25) is 0 Å². The maximum atomic E-state index is 14.8. The van der Waals surface area contributed by atoms with Gasteiger partial charge in [-0.25, -0.2) is 4.39 Å². The molecule has 41 heavy (non-hydrogen) atoms. The number of nitrogens with zero attached hydrogens (tertiary/aromatic N) is 4. The number of rotatable bonds is 9. The molecule has 1 saturated heterocycles. The number of benzene rings is 2. The van der Waals surface area contributed by atoms with E-state index in [1.807, 2.05) is 11.9 Å². The summed E-state index contributed by atoms with van der Waals surface area (Å²) in [6, 6.07) is 11.4. The molecule has 0 saturated carbocycles. The van der Waals surface area contributed by atoms with Gasteiger partial charge in [-0.2, -0.15) is 13.2 Å². The molecule has 220 valence electrons. The van der Waals surface area contributed by atoms with Gasteiger partial charge in [0.25, 0.3) is 0 Å². The molecule has 3 atom stereocenters. The summed E-state index contributed by atoms with van der Waals surface area (Å²) >= 11 is 0.00945. The summed E-state index contributed by atoms with van der Waals surface area (Å²) in [5.41, 5.74) is 1.89. The molecule has 1 aliphatic heterocycles. The first-order valence-corrected chi connectivity index (χ1v) is 15.3. The molecule has 0 spiro atoms. The van der Waals surface area contributed by atoms with Crippen molar-refractivity contribution in [3.05, 3.63) is 47.5 Å². The number of likely N-dealkylation sites (tertiary alicyclic amines) is 1. The fraction of sp³-hybridized carbons (Fsp3) is 0.407. The number of hydrogen-bond donors (Lipinski definition) is 2. The molecule has 0 aliphatic carbocycles. The molecule has 8 nitrogen and oxygen atoms in total. The molecule has 3 heterocycles. The summed E-state index contributed by atoms with van der Waals surface area (Å²) in [6.45, 7) is 0.0709. The molecule has 2 aromatic heterocycles. The standard InChI is InChI=1S/C27H30F4N6O2S2/c1-36-10-9-20(18(28)14-36)33-19-5-4-6-22-17(19)12-23(37(22)15-27(29,30)31)26-35-34-25(40-26)13-32-21-8-7-16(41(3)38)11-24(21)39-2/h4-8,11-12,18,20,32-33H,9-10,13-15H2,1-3H3/t18-,20+,41?/m0/s1. The van der Waals surface area contributed by atoms with Crippen LogP contribution in [0, 0.1) is 0 Å². The van der Waals surface area contributed by atoms with Gasteiger partial charge in [-0.3, -0.25) is 0 Å². The fourth-order valence-electron chi connectivity index (χ4n) is 4.95. The van der Waals surface area contributed by atoms with Crippen LogP contribution in [0.1, 0.15) is 11.4 Å². The van der Waals surface area contributed by atoms with Gasteiger partial charge >= 0.3 is 6.18 Å². The van der Waals surface area contributed by atoms with Gasteiger partial charge < -0.3 is 29.4 Å². The molecule has 2 aromatic carbocycles. The largest absolute Gasteiger partial charge is 0.612 e. The van der Waals surface area contributed by atoms with Gasteiger partial charge in [-0.1, -0.05) is 17.4 Å². The molecule has 2 N–H and O–H groups in total. The molecule has 0 bridgehead atoms. The molecule has 14 heteroatoms. The Morgan fingerprint density at radius 3 is 2.68 bits per heavy atom. The number of ether oxygens (including phenoxy) is 1. The lowest BCUT2D eigenvalue weighted by atomic mass is 10.0.